The fraction of sp³-hybridized carbons (Fsp3) is 0.450. The highest BCUT2D eigenvalue weighted by Gasteiger charge is 2.65. The molecule has 0 saturated carbocycles. The molecule has 0 unspecified atom stereocenters. The SMILES string of the molecule is O=C(NCCn1cc(Cl)cn1)[C@H]1C[C@H]2CCCN2[C@]12C(=O)Nc1ccccc12. The summed E-state index contributed by atoms with van der Waals surface area (Å²) in [5.41, 5.74) is 0.865. The average Bonchev–Trinajstić information content (AvgIpc) is 3.41. The Morgan fingerprint density at radius 2 is 2.25 bits per heavy atom. The lowest BCUT2D eigenvalue weighted by Crippen LogP contribution is -2.54. The Kier molecular flexibility index (Phi) is 4.17. The van der Waals surface area contributed by atoms with Crippen LogP contribution in [0.15, 0.2) is 36.7 Å². The molecule has 146 valence electrons. The van der Waals surface area contributed by atoms with Gasteiger partial charge in [-0.3, -0.25) is 19.2 Å². The van der Waals surface area contributed by atoms with Gasteiger partial charge >= 0.3 is 0 Å². The molecule has 2 fully saturated rings. The number of para-hydroxylation sites is 1. The van der Waals surface area contributed by atoms with Crippen molar-refractivity contribution in [2.45, 2.75) is 37.4 Å². The van der Waals surface area contributed by atoms with Gasteiger partial charge in [0, 0.05) is 30.0 Å². The number of hydrogen-bond acceptors (Lipinski definition) is 4. The molecule has 0 aliphatic carbocycles. The normalized spacial score (nSPS) is 28.4. The van der Waals surface area contributed by atoms with E-state index in [0.29, 0.717) is 24.5 Å². The minimum atomic E-state index is -0.892. The van der Waals surface area contributed by atoms with E-state index in [1.165, 1.54) is 0 Å². The van der Waals surface area contributed by atoms with Gasteiger partial charge < -0.3 is 10.6 Å². The molecule has 2 N–H and O–H groups in total. The summed E-state index contributed by atoms with van der Waals surface area (Å²) in [7, 11) is 0. The Hall–Kier alpha value is -2.38. The number of carbonyl (C=O) groups excluding carboxylic acids is 2. The summed E-state index contributed by atoms with van der Waals surface area (Å²) in [5.74, 6) is -0.542. The largest absolute Gasteiger partial charge is 0.354 e. The van der Waals surface area contributed by atoms with Crippen molar-refractivity contribution in [3.63, 3.8) is 0 Å². The van der Waals surface area contributed by atoms with Crippen LogP contribution in [0.4, 0.5) is 5.69 Å². The van der Waals surface area contributed by atoms with Gasteiger partial charge in [-0.1, -0.05) is 29.8 Å². The summed E-state index contributed by atoms with van der Waals surface area (Å²) in [5, 5.41) is 10.7. The fourth-order valence-electron chi connectivity index (χ4n) is 5.26. The molecule has 2 saturated heterocycles. The smallest absolute Gasteiger partial charge is 0.250 e. The number of nitrogens with zero attached hydrogens (tertiary/aromatic N) is 3. The minimum Gasteiger partial charge on any atom is -0.354 e. The van der Waals surface area contributed by atoms with E-state index in [1.54, 1.807) is 17.1 Å². The molecule has 1 aromatic heterocycles. The minimum absolute atomic E-state index is 0.0699. The molecule has 2 amide bonds. The Morgan fingerprint density at radius 3 is 3.07 bits per heavy atom. The van der Waals surface area contributed by atoms with Crippen LogP contribution in [0.5, 0.6) is 0 Å². The van der Waals surface area contributed by atoms with Gasteiger partial charge in [-0.2, -0.15) is 5.10 Å². The highest BCUT2D eigenvalue weighted by Crippen LogP contribution is 2.55. The molecule has 3 aliphatic rings. The van der Waals surface area contributed by atoms with E-state index >= 15 is 0 Å². The van der Waals surface area contributed by atoms with Gasteiger partial charge in [0.2, 0.25) is 11.8 Å². The molecular formula is C20H22ClN5O2. The van der Waals surface area contributed by atoms with Crippen molar-refractivity contribution in [3.05, 3.63) is 47.2 Å². The van der Waals surface area contributed by atoms with Gasteiger partial charge in [0.25, 0.3) is 0 Å². The lowest BCUT2D eigenvalue weighted by atomic mass is 9.78. The van der Waals surface area contributed by atoms with Crippen LogP contribution in [-0.4, -0.2) is 45.6 Å². The van der Waals surface area contributed by atoms with Crippen molar-refractivity contribution in [1.29, 1.82) is 0 Å². The molecule has 2 aromatic rings. The number of carbonyl (C=O) groups is 2. The first-order valence-electron chi connectivity index (χ1n) is 9.74. The first kappa shape index (κ1) is 17.7. The van der Waals surface area contributed by atoms with E-state index in [1.807, 2.05) is 24.3 Å². The maximum Gasteiger partial charge on any atom is 0.250 e. The van der Waals surface area contributed by atoms with E-state index in [4.69, 9.17) is 11.6 Å². The molecule has 28 heavy (non-hydrogen) atoms. The van der Waals surface area contributed by atoms with Crippen LogP contribution in [-0.2, 0) is 21.7 Å². The van der Waals surface area contributed by atoms with Crippen LogP contribution in [0.2, 0.25) is 5.02 Å². The van der Waals surface area contributed by atoms with Crippen LogP contribution in [0.25, 0.3) is 0 Å². The van der Waals surface area contributed by atoms with E-state index in [2.05, 4.69) is 20.6 Å². The second-order valence-corrected chi connectivity index (χ2v) is 8.19. The van der Waals surface area contributed by atoms with Gasteiger partial charge in [0.15, 0.2) is 0 Å². The van der Waals surface area contributed by atoms with Crippen molar-refractivity contribution in [3.8, 4) is 0 Å². The molecule has 0 bridgehead atoms. The summed E-state index contributed by atoms with van der Waals surface area (Å²) in [6.07, 6.45) is 6.11. The van der Waals surface area contributed by atoms with E-state index in [-0.39, 0.29) is 17.9 Å². The predicted octanol–water partition coefficient (Wildman–Crippen LogP) is 1.98. The maximum atomic E-state index is 13.2. The first-order chi connectivity index (χ1) is 13.6. The van der Waals surface area contributed by atoms with Gasteiger partial charge in [-0.25, -0.2) is 0 Å². The van der Waals surface area contributed by atoms with Crippen molar-refractivity contribution >= 4 is 29.1 Å². The highest BCUT2D eigenvalue weighted by molar-refractivity contribution is 6.30. The topological polar surface area (TPSA) is 79.3 Å². The summed E-state index contributed by atoms with van der Waals surface area (Å²) in [6, 6.07) is 8.04. The lowest BCUT2D eigenvalue weighted by Gasteiger charge is -2.36. The van der Waals surface area contributed by atoms with Crippen LogP contribution in [0, 0.1) is 5.92 Å². The van der Waals surface area contributed by atoms with Crippen LogP contribution >= 0.6 is 11.6 Å². The number of anilines is 1. The molecule has 7 nitrogen and oxygen atoms in total. The third kappa shape index (κ3) is 2.49. The van der Waals surface area contributed by atoms with Gasteiger partial charge in [-0.05, 0) is 31.9 Å². The number of benzene rings is 1. The number of aromatic nitrogens is 2. The Morgan fingerprint density at radius 1 is 1.39 bits per heavy atom. The molecule has 1 spiro atoms. The van der Waals surface area contributed by atoms with Crippen LogP contribution < -0.4 is 10.6 Å². The van der Waals surface area contributed by atoms with E-state index in [9.17, 15) is 9.59 Å². The monoisotopic (exact) mass is 399 g/mol. The second kappa shape index (κ2) is 6.60. The lowest BCUT2D eigenvalue weighted by molar-refractivity contribution is -0.137. The van der Waals surface area contributed by atoms with Crippen molar-refractivity contribution in [2.24, 2.45) is 5.92 Å². The summed E-state index contributed by atoms with van der Waals surface area (Å²) < 4.78 is 1.70. The average molecular weight is 400 g/mol. The summed E-state index contributed by atoms with van der Waals surface area (Å²) in [4.78, 5) is 28.7. The quantitative estimate of drug-likeness (QED) is 0.824. The predicted molar refractivity (Wildman–Crippen MR) is 105 cm³/mol. The third-order valence-electron chi connectivity index (χ3n) is 6.33. The number of nitrogens with one attached hydrogen (secondary N) is 2. The molecule has 0 radical (unpaired) electrons. The zero-order valence-corrected chi connectivity index (χ0v) is 16.2. The van der Waals surface area contributed by atoms with Gasteiger partial charge in [0.05, 0.1) is 23.7 Å². The van der Waals surface area contributed by atoms with Gasteiger partial charge in [-0.15, -0.1) is 0 Å². The molecule has 8 heteroatoms. The van der Waals surface area contributed by atoms with E-state index < -0.39 is 11.5 Å². The van der Waals surface area contributed by atoms with Crippen molar-refractivity contribution < 1.29 is 9.59 Å². The van der Waals surface area contributed by atoms with Crippen molar-refractivity contribution in [1.82, 2.24) is 20.0 Å². The first-order valence-corrected chi connectivity index (χ1v) is 10.1. The third-order valence-corrected chi connectivity index (χ3v) is 6.53. The number of fused-ring (bicyclic) bond motifs is 4. The maximum absolute atomic E-state index is 13.2. The second-order valence-electron chi connectivity index (χ2n) is 7.76. The van der Waals surface area contributed by atoms with E-state index in [0.717, 1.165) is 30.6 Å². The fourth-order valence-corrected chi connectivity index (χ4v) is 5.41. The standard InChI is InChI=1S/C20H22ClN5O2/c21-13-11-23-25(12-13)9-7-22-18(27)16-10-14-4-3-8-26(14)20(16)15-5-1-2-6-17(15)24-19(20)28/h1-2,5-6,11-12,14,16H,3-4,7-10H2,(H,22,27)(H,24,28)/t14-,16-,20+/m1/s1. The Bertz CT molecular complexity index is 944. The zero-order chi connectivity index (χ0) is 19.3. The summed E-state index contributed by atoms with van der Waals surface area (Å²) in [6.45, 7) is 1.83. The molecule has 1 aromatic carbocycles. The molecule has 3 atom stereocenters. The van der Waals surface area contributed by atoms with Gasteiger partial charge in [0.1, 0.15) is 5.54 Å². The number of hydrogen-bond donors (Lipinski definition) is 2. The number of rotatable bonds is 4. The number of amides is 2. The molecule has 5 rings (SSSR count). The number of halogens is 1. The molecule has 4 heterocycles. The zero-order valence-electron chi connectivity index (χ0n) is 15.4. The molecular weight excluding hydrogens is 378 g/mol. The molecule has 3 aliphatic heterocycles. The summed E-state index contributed by atoms with van der Waals surface area (Å²) >= 11 is 5.89. The van der Waals surface area contributed by atoms with Crippen LogP contribution in [0.3, 0.4) is 0 Å². The Labute approximate surface area is 168 Å². The van der Waals surface area contributed by atoms with Crippen LogP contribution in [0.1, 0.15) is 24.8 Å². The highest BCUT2D eigenvalue weighted by atomic mass is 35.5. The van der Waals surface area contributed by atoms with Crippen molar-refractivity contribution in [2.75, 3.05) is 18.4 Å². The Balaban J connectivity index is 1.42.